The lowest BCUT2D eigenvalue weighted by molar-refractivity contribution is -0.120. The summed E-state index contributed by atoms with van der Waals surface area (Å²) in [7, 11) is 0. The summed E-state index contributed by atoms with van der Waals surface area (Å²) in [5.41, 5.74) is 0. The average molecular weight is 186 g/mol. The number of nitrogens with one attached hydrogen (secondary N) is 2. The number of hydrogen-bond donors (Lipinski definition) is 2. The highest BCUT2D eigenvalue weighted by molar-refractivity contribution is 5.82. The SMILES string of the molecule is CCOC(=O)NCC(=O)NC1CC1. The van der Waals surface area contributed by atoms with Crippen LogP contribution in [-0.2, 0) is 9.53 Å². The molecule has 1 rings (SSSR count). The van der Waals surface area contributed by atoms with Crippen LogP contribution in [0.2, 0.25) is 0 Å². The summed E-state index contributed by atoms with van der Waals surface area (Å²) >= 11 is 0. The molecule has 0 bridgehead atoms. The van der Waals surface area contributed by atoms with Crippen molar-refractivity contribution in [2.45, 2.75) is 25.8 Å². The Labute approximate surface area is 76.8 Å². The van der Waals surface area contributed by atoms with Gasteiger partial charge in [0.05, 0.1) is 6.61 Å². The van der Waals surface area contributed by atoms with Crippen LogP contribution in [0.15, 0.2) is 0 Å². The number of carbonyl (C=O) groups excluding carboxylic acids is 2. The summed E-state index contributed by atoms with van der Waals surface area (Å²) in [6.45, 7) is 2.02. The standard InChI is InChI=1S/C8H14N2O3/c1-2-13-8(12)9-5-7(11)10-6-3-4-6/h6H,2-5H2,1H3,(H,9,12)(H,10,11). The molecular formula is C8H14N2O3. The summed E-state index contributed by atoms with van der Waals surface area (Å²) in [4.78, 5) is 21.8. The van der Waals surface area contributed by atoms with Crippen molar-refractivity contribution < 1.29 is 14.3 Å². The van der Waals surface area contributed by atoms with Crippen molar-refractivity contribution in [3.8, 4) is 0 Å². The van der Waals surface area contributed by atoms with Crippen LogP contribution in [0, 0.1) is 0 Å². The highest BCUT2D eigenvalue weighted by Gasteiger charge is 2.23. The van der Waals surface area contributed by atoms with E-state index in [1.54, 1.807) is 6.92 Å². The van der Waals surface area contributed by atoms with Gasteiger partial charge in [-0.25, -0.2) is 4.79 Å². The molecule has 0 aromatic rings. The van der Waals surface area contributed by atoms with Crippen LogP contribution in [0.3, 0.4) is 0 Å². The summed E-state index contributed by atoms with van der Waals surface area (Å²) < 4.78 is 4.58. The van der Waals surface area contributed by atoms with E-state index in [-0.39, 0.29) is 12.5 Å². The van der Waals surface area contributed by atoms with E-state index in [0.717, 1.165) is 12.8 Å². The van der Waals surface area contributed by atoms with Gasteiger partial charge < -0.3 is 15.4 Å². The fourth-order valence-electron chi connectivity index (χ4n) is 0.841. The zero-order valence-electron chi connectivity index (χ0n) is 7.63. The monoisotopic (exact) mass is 186 g/mol. The molecule has 0 radical (unpaired) electrons. The maximum Gasteiger partial charge on any atom is 0.407 e. The molecule has 1 aliphatic rings. The van der Waals surface area contributed by atoms with Crippen LogP contribution in [0.25, 0.3) is 0 Å². The van der Waals surface area contributed by atoms with E-state index in [4.69, 9.17) is 0 Å². The van der Waals surface area contributed by atoms with Crippen molar-refractivity contribution >= 4 is 12.0 Å². The third-order valence-corrected chi connectivity index (χ3v) is 1.61. The minimum absolute atomic E-state index is 0.00463. The van der Waals surface area contributed by atoms with Gasteiger partial charge in [0.15, 0.2) is 0 Å². The first-order chi connectivity index (χ1) is 6.22. The second-order valence-corrected chi connectivity index (χ2v) is 2.92. The smallest absolute Gasteiger partial charge is 0.407 e. The van der Waals surface area contributed by atoms with E-state index < -0.39 is 6.09 Å². The Bertz CT molecular complexity index is 202. The van der Waals surface area contributed by atoms with Gasteiger partial charge >= 0.3 is 6.09 Å². The lowest BCUT2D eigenvalue weighted by Gasteiger charge is -2.05. The molecule has 1 fully saturated rings. The number of alkyl carbamates (subject to hydrolysis) is 1. The van der Waals surface area contributed by atoms with E-state index in [1.165, 1.54) is 0 Å². The van der Waals surface area contributed by atoms with Gasteiger partial charge in [-0.05, 0) is 19.8 Å². The van der Waals surface area contributed by atoms with Gasteiger partial charge in [-0.3, -0.25) is 4.79 Å². The molecule has 74 valence electrons. The van der Waals surface area contributed by atoms with Crippen LogP contribution in [0.5, 0.6) is 0 Å². The van der Waals surface area contributed by atoms with E-state index in [0.29, 0.717) is 12.6 Å². The average Bonchev–Trinajstić information content (AvgIpc) is 2.85. The lowest BCUT2D eigenvalue weighted by atomic mass is 10.5. The zero-order chi connectivity index (χ0) is 9.68. The largest absolute Gasteiger partial charge is 0.450 e. The Morgan fingerprint density at radius 3 is 2.69 bits per heavy atom. The number of ether oxygens (including phenoxy) is 1. The third kappa shape index (κ3) is 4.35. The Morgan fingerprint density at radius 2 is 2.15 bits per heavy atom. The van der Waals surface area contributed by atoms with E-state index in [2.05, 4.69) is 15.4 Å². The maximum atomic E-state index is 11.0. The Morgan fingerprint density at radius 1 is 1.46 bits per heavy atom. The quantitative estimate of drug-likeness (QED) is 0.650. The van der Waals surface area contributed by atoms with Crippen molar-refractivity contribution in [1.82, 2.24) is 10.6 Å². The van der Waals surface area contributed by atoms with Crippen molar-refractivity contribution in [3.63, 3.8) is 0 Å². The summed E-state index contributed by atoms with van der Waals surface area (Å²) in [5.74, 6) is -0.157. The van der Waals surface area contributed by atoms with Gasteiger partial charge in [-0.2, -0.15) is 0 Å². The summed E-state index contributed by atoms with van der Waals surface area (Å²) in [5, 5.41) is 5.09. The highest BCUT2D eigenvalue weighted by Crippen LogP contribution is 2.18. The molecular weight excluding hydrogens is 172 g/mol. The minimum atomic E-state index is -0.548. The van der Waals surface area contributed by atoms with Crippen LogP contribution < -0.4 is 10.6 Å². The van der Waals surface area contributed by atoms with Gasteiger partial charge in [0.25, 0.3) is 0 Å². The molecule has 5 heteroatoms. The molecule has 0 heterocycles. The molecule has 0 unspecified atom stereocenters. The Kier molecular flexibility index (Phi) is 3.54. The molecule has 1 saturated carbocycles. The molecule has 0 aliphatic heterocycles. The van der Waals surface area contributed by atoms with Crippen molar-refractivity contribution in [1.29, 1.82) is 0 Å². The fourth-order valence-corrected chi connectivity index (χ4v) is 0.841. The molecule has 2 N–H and O–H groups in total. The van der Waals surface area contributed by atoms with Crippen molar-refractivity contribution in [2.75, 3.05) is 13.2 Å². The molecule has 0 spiro atoms. The minimum Gasteiger partial charge on any atom is -0.450 e. The summed E-state index contributed by atoms with van der Waals surface area (Å²) in [6.07, 6.45) is 1.55. The fraction of sp³-hybridized carbons (Fsp3) is 0.750. The van der Waals surface area contributed by atoms with Gasteiger partial charge in [0, 0.05) is 6.04 Å². The predicted octanol–water partition coefficient (Wildman–Crippen LogP) is 0.0111. The van der Waals surface area contributed by atoms with E-state index >= 15 is 0 Å². The highest BCUT2D eigenvalue weighted by atomic mass is 16.5. The van der Waals surface area contributed by atoms with Crippen LogP contribution in [0.4, 0.5) is 4.79 Å². The van der Waals surface area contributed by atoms with Crippen LogP contribution in [-0.4, -0.2) is 31.2 Å². The zero-order valence-corrected chi connectivity index (χ0v) is 7.63. The molecule has 0 aromatic carbocycles. The molecule has 0 aromatic heterocycles. The first-order valence-electron chi connectivity index (χ1n) is 4.42. The number of rotatable bonds is 4. The van der Waals surface area contributed by atoms with Crippen LogP contribution >= 0.6 is 0 Å². The molecule has 2 amide bonds. The van der Waals surface area contributed by atoms with Gasteiger partial charge in [0.2, 0.25) is 5.91 Å². The number of carbonyl (C=O) groups is 2. The molecule has 5 nitrogen and oxygen atoms in total. The Balaban J connectivity index is 2.02. The number of amides is 2. The van der Waals surface area contributed by atoms with Crippen LogP contribution in [0.1, 0.15) is 19.8 Å². The van der Waals surface area contributed by atoms with Crippen molar-refractivity contribution in [2.24, 2.45) is 0 Å². The second-order valence-electron chi connectivity index (χ2n) is 2.92. The van der Waals surface area contributed by atoms with Gasteiger partial charge in [-0.15, -0.1) is 0 Å². The van der Waals surface area contributed by atoms with E-state index in [9.17, 15) is 9.59 Å². The summed E-state index contributed by atoms with van der Waals surface area (Å²) in [6, 6.07) is 0.330. The molecule has 13 heavy (non-hydrogen) atoms. The first kappa shape index (κ1) is 9.83. The predicted molar refractivity (Wildman–Crippen MR) is 46.2 cm³/mol. The topological polar surface area (TPSA) is 67.4 Å². The molecule has 1 aliphatic carbocycles. The molecule has 0 atom stereocenters. The molecule has 0 saturated heterocycles. The van der Waals surface area contributed by atoms with Gasteiger partial charge in [-0.1, -0.05) is 0 Å². The lowest BCUT2D eigenvalue weighted by Crippen LogP contribution is -2.38. The maximum absolute atomic E-state index is 11.0. The van der Waals surface area contributed by atoms with E-state index in [1.807, 2.05) is 0 Å². The van der Waals surface area contributed by atoms with Gasteiger partial charge in [0.1, 0.15) is 6.54 Å². The Hall–Kier alpha value is -1.26. The first-order valence-corrected chi connectivity index (χ1v) is 4.42. The van der Waals surface area contributed by atoms with Crippen molar-refractivity contribution in [3.05, 3.63) is 0 Å². The second kappa shape index (κ2) is 4.69. The third-order valence-electron chi connectivity index (χ3n) is 1.61. The normalized spacial score (nSPS) is 14.8. The number of hydrogen-bond acceptors (Lipinski definition) is 3.